The summed E-state index contributed by atoms with van der Waals surface area (Å²) in [5.41, 5.74) is 4.60. The molecule has 1 heterocycles. The Kier molecular flexibility index (Phi) is 6.45. The maximum absolute atomic E-state index is 11.8. The van der Waals surface area contributed by atoms with Gasteiger partial charge in [0.2, 0.25) is 0 Å². The van der Waals surface area contributed by atoms with Crippen LogP contribution in [-0.2, 0) is 11.3 Å². The fraction of sp³-hybridized carbons (Fsp3) is 0.333. The quantitative estimate of drug-likeness (QED) is 0.493. The Morgan fingerprint density at radius 1 is 1.12 bits per heavy atom. The third kappa shape index (κ3) is 7.43. The number of hydrogen-bond donors (Lipinski definition) is 2. The summed E-state index contributed by atoms with van der Waals surface area (Å²) in [6.07, 6.45) is 0.982. The number of amides is 1. The maximum Gasteiger partial charge on any atom is 0.426 e. The first-order valence-electron chi connectivity index (χ1n) is 7.91. The Hall–Kier alpha value is -2.96. The minimum absolute atomic E-state index is 0.153. The summed E-state index contributed by atoms with van der Waals surface area (Å²) in [6.45, 7) is 5.84. The largest absolute Gasteiger partial charge is 0.486 e. The van der Waals surface area contributed by atoms with Gasteiger partial charge in [-0.05, 0) is 45.0 Å². The summed E-state index contributed by atoms with van der Waals surface area (Å²) in [5.74, 6) is 1.84. The lowest BCUT2D eigenvalue weighted by atomic mass is 10.2. The van der Waals surface area contributed by atoms with Gasteiger partial charge in [0.15, 0.2) is 5.84 Å². The zero-order valence-corrected chi connectivity index (χ0v) is 14.6. The molecule has 0 spiro atoms. The van der Waals surface area contributed by atoms with E-state index in [4.69, 9.17) is 13.9 Å². The van der Waals surface area contributed by atoms with E-state index in [-0.39, 0.29) is 6.61 Å². The van der Waals surface area contributed by atoms with Crippen LogP contribution >= 0.6 is 0 Å². The number of amidine groups is 1. The molecule has 0 atom stereocenters. The van der Waals surface area contributed by atoms with Crippen molar-refractivity contribution in [3.63, 3.8) is 0 Å². The number of nitrogens with zero attached hydrogens (tertiary/aromatic N) is 1. The first kappa shape index (κ1) is 18.4. The first-order chi connectivity index (χ1) is 11.9. The number of benzene rings is 1. The van der Waals surface area contributed by atoms with E-state index in [0.29, 0.717) is 23.9 Å². The monoisotopic (exact) mass is 345 g/mol. The Morgan fingerprint density at radius 2 is 1.88 bits per heavy atom. The summed E-state index contributed by atoms with van der Waals surface area (Å²) in [5, 5.41) is 0. The molecule has 0 saturated carbocycles. The second-order valence-electron chi connectivity index (χ2n) is 6.20. The molecule has 7 nitrogen and oxygen atoms in total. The van der Waals surface area contributed by atoms with Gasteiger partial charge in [0.25, 0.3) is 0 Å². The van der Waals surface area contributed by atoms with E-state index >= 15 is 0 Å². The van der Waals surface area contributed by atoms with Crippen molar-refractivity contribution in [2.24, 2.45) is 4.99 Å². The van der Waals surface area contributed by atoms with Gasteiger partial charge in [-0.2, -0.15) is 0 Å². The molecule has 0 radical (unpaired) electrons. The fourth-order valence-electron chi connectivity index (χ4n) is 1.79. The number of carbonyl (C=O) groups excluding carboxylic acids is 1. The van der Waals surface area contributed by atoms with E-state index in [1.54, 1.807) is 33.1 Å². The normalized spacial score (nSPS) is 11.7. The molecule has 25 heavy (non-hydrogen) atoms. The second kappa shape index (κ2) is 8.77. The zero-order chi connectivity index (χ0) is 18.1. The Bertz CT molecular complexity index is 676. The van der Waals surface area contributed by atoms with E-state index < -0.39 is 11.7 Å². The zero-order valence-electron chi connectivity index (χ0n) is 14.6. The summed E-state index contributed by atoms with van der Waals surface area (Å²) in [6, 6.07) is 12.9. The predicted octanol–water partition coefficient (Wildman–Crippen LogP) is 3.29. The lowest BCUT2D eigenvalue weighted by molar-refractivity contribution is 0.0512. The lowest BCUT2D eigenvalue weighted by Gasteiger charge is -2.20. The third-order valence-corrected chi connectivity index (χ3v) is 2.83. The molecule has 0 aliphatic carbocycles. The lowest BCUT2D eigenvalue weighted by Crippen LogP contribution is -2.46. The van der Waals surface area contributed by atoms with Gasteiger partial charge in [-0.15, -0.1) is 0 Å². The molecule has 2 rings (SSSR count). The van der Waals surface area contributed by atoms with Gasteiger partial charge in [0, 0.05) is 0 Å². The molecule has 0 unspecified atom stereocenters. The number of ether oxygens (including phenoxy) is 2. The molecule has 2 N–H and O–H groups in total. The van der Waals surface area contributed by atoms with Crippen LogP contribution in [-0.4, -0.2) is 24.1 Å². The minimum Gasteiger partial charge on any atom is -0.486 e. The van der Waals surface area contributed by atoms with E-state index in [2.05, 4.69) is 15.8 Å². The molecule has 1 aromatic carbocycles. The molecular formula is C18H23N3O4. The molecule has 0 aliphatic heterocycles. The van der Waals surface area contributed by atoms with Crippen LogP contribution in [0.4, 0.5) is 4.79 Å². The highest BCUT2D eigenvalue weighted by Crippen LogP contribution is 2.08. The van der Waals surface area contributed by atoms with Crippen LogP contribution in [0.2, 0.25) is 0 Å². The van der Waals surface area contributed by atoms with Gasteiger partial charge in [0.05, 0.1) is 12.8 Å². The van der Waals surface area contributed by atoms with Crippen LogP contribution in [0.25, 0.3) is 0 Å². The number of rotatable bonds is 5. The SMILES string of the molecule is CC(C)(C)OC(=O)NNC(COc1ccccc1)=NCc1ccco1. The van der Waals surface area contributed by atoms with Gasteiger partial charge in [-0.1, -0.05) is 18.2 Å². The van der Waals surface area contributed by atoms with Crippen molar-refractivity contribution in [2.75, 3.05) is 6.61 Å². The number of furan rings is 1. The van der Waals surface area contributed by atoms with Crippen LogP contribution in [0.1, 0.15) is 26.5 Å². The van der Waals surface area contributed by atoms with Gasteiger partial charge < -0.3 is 13.9 Å². The van der Waals surface area contributed by atoms with Crippen molar-refractivity contribution < 1.29 is 18.7 Å². The molecule has 2 aromatic rings. The smallest absolute Gasteiger partial charge is 0.426 e. The maximum atomic E-state index is 11.8. The molecule has 0 saturated heterocycles. The Labute approximate surface area is 147 Å². The number of hydrogen-bond acceptors (Lipinski definition) is 5. The van der Waals surface area contributed by atoms with Crippen molar-refractivity contribution in [1.82, 2.24) is 10.9 Å². The summed E-state index contributed by atoms with van der Waals surface area (Å²) < 4.78 is 16.1. The third-order valence-electron chi connectivity index (χ3n) is 2.83. The van der Waals surface area contributed by atoms with Crippen LogP contribution in [0.3, 0.4) is 0 Å². The highest BCUT2D eigenvalue weighted by atomic mass is 16.6. The van der Waals surface area contributed by atoms with Crippen molar-refractivity contribution in [3.8, 4) is 5.75 Å². The van der Waals surface area contributed by atoms with Gasteiger partial charge >= 0.3 is 6.09 Å². The van der Waals surface area contributed by atoms with Gasteiger partial charge in [-0.25, -0.2) is 10.2 Å². The first-order valence-corrected chi connectivity index (χ1v) is 7.91. The van der Waals surface area contributed by atoms with Crippen LogP contribution in [0.15, 0.2) is 58.1 Å². The number of aliphatic imine (C=N–C) groups is 1. The Morgan fingerprint density at radius 3 is 2.52 bits per heavy atom. The van der Waals surface area contributed by atoms with Crippen molar-refractivity contribution in [3.05, 3.63) is 54.5 Å². The average Bonchev–Trinajstić information content (AvgIpc) is 3.07. The minimum atomic E-state index is -0.599. The van der Waals surface area contributed by atoms with Crippen molar-refractivity contribution in [2.45, 2.75) is 32.9 Å². The topological polar surface area (TPSA) is 85.1 Å². The van der Waals surface area contributed by atoms with Crippen LogP contribution in [0, 0.1) is 0 Å². The van der Waals surface area contributed by atoms with E-state index in [1.807, 2.05) is 36.4 Å². The summed E-state index contributed by atoms with van der Waals surface area (Å²) >= 11 is 0. The number of nitrogens with one attached hydrogen (secondary N) is 2. The molecule has 7 heteroatoms. The molecule has 134 valence electrons. The molecule has 1 amide bonds. The highest BCUT2D eigenvalue weighted by molar-refractivity contribution is 5.85. The highest BCUT2D eigenvalue weighted by Gasteiger charge is 2.16. The van der Waals surface area contributed by atoms with Crippen LogP contribution in [0.5, 0.6) is 5.75 Å². The van der Waals surface area contributed by atoms with Crippen molar-refractivity contribution in [1.29, 1.82) is 0 Å². The Balaban J connectivity index is 1.93. The van der Waals surface area contributed by atoms with Crippen molar-refractivity contribution >= 4 is 11.9 Å². The standard InChI is InChI=1S/C18H23N3O4/c1-18(2,3)25-17(22)21-20-16(19-12-15-10-7-11-23-15)13-24-14-8-5-4-6-9-14/h4-11H,12-13H2,1-3H3,(H,19,20)(H,21,22). The molecule has 1 aromatic heterocycles. The van der Waals surface area contributed by atoms with E-state index in [9.17, 15) is 4.79 Å². The number of carbonyl (C=O) groups is 1. The van der Waals surface area contributed by atoms with Gasteiger partial charge in [0.1, 0.15) is 23.7 Å². The summed E-state index contributed by atoms with van der Waals surface area (Å²) in [7, 11) is 0. The summed E-state index contributed by atoms with van der Waals surface area (Å²) in [4.78, 5) is 16.1. The molecule has 0 fully saturated rings. The average molecular weight is 345 g/mol. The molecular weight excluding hydrogens is 322 g/mol. The second-order valence-corrected chi connectivity index (χ2v) is 6.20. The number of hydrazine groups is 1. The van der Waals surface area contributed by atoms with Crippen LogP contribution < -0.4 is 15.6 Å². The van der Waals surface area contributed by atoms with Gasteiger partial charge in [-0.3, -0.25) is 10.4 Å². The molecule has 0 aliphatic rings. The van der Waals surface area contributed by atoms with E-state index in [0.717, 1.165) is 0 Å². The van der Waals surface area contributed by atoms with E-state index in [1.165, 1.54) is 0 Å². The predicted molar refractivity (Wildman–Crippen MR) is 94.3 cm³/mol. The number of para-hydroxylation sites is 1. The fourth-order valence-corrected chi connectivity index (χ4v) is 1.79. The molecule has 0 bridgehead atoms.